The standard InChI is InChI=1S/C16H20N4O4/c1-12(13-6-4-5-7-14(13)24-3)18(2)16(21)8-9-19-10-15(17-11-19)20(22)23/h4-7,10-12H,8-9H2,1-3H3. The van der Waals surface area contributed by atoms with Gasteiger partial charge in [0.05, 0.1) is 13.2 Å². The molecule has 0 N–H and O–H groups in total. The maximum Gasteiger partial charge on any atom is 0.381 e. The maximum atomic E-state index is 12.4. The van der Waals surface area contributed by atoms with Crippen molar-refractivity contribution in [2.24, 2.45) is 0 Å². The fourth-order valence-corrected chi connectivity index (χ4v) is 2.40. The van der Waals surface area contributed by atoms with Crippen molar-refractivity contribution in [1.29, 1.82) is 0 Å². The summed E-state index contributed by atoms with van der Waals surface area (Å²) in [5.41, 5.74) is 0.925. The molecular weight excluding hydrogens is 312 g/mol. The summed E-state index contributed by atoms with van der Waals surface area (Å²) in [5.74, 6) is 0.442. The molecule has 8 nitrogen and oxygen atoms in total. The summed E-state index contributed by atoms with van der Waals surface area (Å²) in [4.78, 5) is 27.7. The maximum absolute atomic E-state index is 12.4. The molecule has 0 radical (unpaired) electrons. The number of methoxy groups -OCH3 is 1. The number of rotatable bonds is 7. The van der Waals surface area contributed by atoms with Crippen LogP contribution in [0, 0.1) is 10.1 Å². The number of carbonyl (C=O) groups excluding carboxylic acids is 1. The highest BCUT2D eigenvalue weighted by atomic mass is 16.6. The Bertz CT molecular complexity index is 728. The highest BCUT2D eigenvalue weighted by molar-refractivity contribution is 5.76. The summed E-state index contributed by atoms with van der Waals surface area (Å²) >= 11 is 0. The Morgan fingerprint density at radius 3 is 2.79 bits per heavy atom. The first-order valence-corrected chi connectivity index (χ1v) is 7.48. The Balaban J connectivity index is 1.99. The topological polar surface area (TPSA) is 90.5 Å². The van der Waals surface area contributed by atoms with Crippen LogP contribution in [0.2, 0.25) is 0 Å². The summed E-state index contributed by atoms with van der Waals surface area (Å²) in [6, 6.07) is 7.41. The van der Waals surface area contributed by atoms with Gasteiger partial charge in [0.1, 0.15) is 11.9 Å². The third-order valence-electron chi connectivity index (χ3n) is 3.95. The molecule has 1 aromatic carbocycles. The van der Waals surface area contributed by atoms with Gasteiger partial charge in [0.25, 0.3) is 0 Å². The first-order chi connectivity index (χ1) is 11.4. The Morgan fingerprint density at radius 1 is 1.46 bits per heavy atom. The van der Waals surface area contributed by atoms with Crippen LogP contribution < -0.4 is 4.74 Å². The number of hydrogen-bond donors (Lipinski definition) is 0. The molecule has 1 heterocycles. The molecule has 0 saturated carbocycles. The van der Waals surface area contributed by atoms with E-state index in [1.807, 2.05) is 31.2 Å². The van der Waals surface area contributed by atoms with Crippen LogP contribution >= 0.6 is 0 Å². The quantitative estimate of drug-likeness (QED) is 0.573. The smallest absolute Gasteiger partial charge is 0.381 e. The van der Waals surface area contributed by atoms with E-state index in [9.17, 15) is 14.9 Å². The van der Waals surface area contributed by atoms with Crippen molar-refractivity contribution in [2.45, 2.75) is 25.9 Å². The van der Waals surface area contributed by atoms with Gasteiger partial charge in [0.15, 0.2) is 0 Å². The monoisotopic (exact) mass is 332 g/mol. The molecule has 24 heavy (non-hydrogen) atoms. The van der Waals surface area contributed by atoms with Crippen LogP contribution in [-0.2, 0) is 11.3 Å². The lowest BCUT2D eigenvalue weighted by molar-refractivity contribution is -0.389. The number of amides is 1. The molecule has 1 unspecified atom stereocenters. The molecule has 2 aromatic rings. The van der Waals surface area contributed by atoms with Gasteiger partial charge < -0.3 is 24.3 Å². The first kappa shape index (κ1) is 17.5. The predicted octanol–water partition coefficient (Wildman–Crippen LogP) is 2.41. The molecule has 8 heteroatoms. The van der Waals surface area contributed by atoms with Gasteiger partial charge in [-0.15, -0.1) is 0 Å². The van der Waals surface area contributed by atoms with E-state index in [1.165, 1.54) is 17.1 Å². The van der Waals surface area contributed by atoms with E-state index in [0.29, 0.717) is 6.54 Å². The molecule has 1 aromatic heterocycles. The summed E-state index contributed by atoms with van der Waals surface area (Å²) in [6.07, 6.45) is 2.90. The van der Waals surface area contributed by atoms with Gasteiger partial charge in [-0.2, -0.15) is 0 Å². The number of imidazole rings is 1. The lowest BCUT2D eigenvalue weighted by Gasteiger charge is -2.26. The molecule has 0 spiro atoms. The molecular formula is C16H20N4O4. The van der Waals surface area contributed by atoms with E-state index in [2.05, 4.69) is 4.98 Å². The number of benzene rings is 1. The largest absolute Gasteiger partial charge is 0.496 e. The number of nitro groups is 1. The van der Waals surface area contributed by atoms with Gasteiger partial charge in [-0.25, -0.2) is 0 Å². The second kappa shape index (κ2) is 7.58. The van der Waals surface area contributed by atoms with E-state index < -0.39 is 4.92 Å². The van der Waals surface area contributed by atoms with E-state index >= 15 is 0 Å². The Kier molecular flexibility index (Phi) is 5.51. The molecule has 0 aliphatic heterocycles. The Morgan fingerprint density at radius 2 is 2.17 bits per heavy atom. The van der Waals surface area contributed by atoms with Gasteiger partial charge in [-0.3, -0.25) is 4.79 Å². The zero-order valence-electron chi connectivity index (χ0n) is 13.9. The minimum absolute atomic E-state index is 0.0650. The zero-order valence-corrected chi connectivity index (χ0v) is 13.9. The first-order valence-electron chi connectivity index (χ1n) is 7.48. The molecule has 0 aliphatic carbocycles. The van der Waals surface area contributed by atoms with Crippen LogP contribution in [-0.4, -0.2) is 39.4 Å². The predicted molar refractivity (Wildman–Crippen MR) is 87.7 cm³/mol. The number of nitrogens with zero attached hydrogens (tertiary/aromatic N) is 4. The van der Waals surface area contributed by atoms with Gasteiger partial charge in [0, 0.05) is 25.6 Å². The minimum atomic E-state index is -0.561. The van der Waals surface area contributed by atoms with Crippen LogP contribution in [0.5, 0.6) is 5.75 Å². The molecule has 1 amide bonds. The van der Waals surface area contributed by atoms with Crippen molar-refractivity contribution in [2.75, 3.05) is 14.2 Å². The van der Waals surface area contributed by atoms with Crippen molar-refractivity contribution < 1.29 is 14.5 Å². The second-order valence-corrected chi connectivity index (χ2v) is 5.40. The fraction of sp³-hybridized carbons (Fsp3) is 0.375. The molecule has 0 bridgehead atoms. The number of para-hydroxylation sites is 1. The van der Waals surface area contributed by atoms with Crippen molar-refractivity contribution in [3.8, 4) is 5.75 Å². The number of aromatic nitrogens is 2. The van der Waals surface area contributed by atoms with Crippen molar-refractivity contribution in [3.63, 3.8) is 0 Å². The van der Waals surface area contributed by atoms with Crippen LogP contribution in [0.4, 0.5) is 5.82 Å². The molecule has 0 fully saturated rings. The van der Waals surface area contributed by atoms with Crippen molar-refractivity contribution in [3.05, 3.63) is 52.5 Å². The van der Waals surface area contributed by atoms with Gasteiger partial charge in [0.2, 0.25) is 12.2 Å². The Labute approximate surface area is 139 Å². The van der Waals surface area contributed by atoms with E-state index in [-0.39, 0.29) is 24.2 Å². The minimum Gasteiger partial charge on any atom is -0.496 e. The average molecular weight is 332 g/mol. The normalized spacial score (nSPS) is 11.8. The van der Waals surface area contributed by atoms with Gasteiger partial charge in [-0.1, -0.05) is 18.2 Å². The highest BCUT2D eigenvalue weighted by Crippen LogP contribution is 2.28. The van der Waals surface area contributed by atoms with Gasteiger partial charge >= 0.3 is 5.82 Å². The SMILES string of the molecule is COc1ccccc1C(C)N(C)C(=O)CCn1cnc([N+](=O)[O-])c1. The van der Waals surface area contributed by atoms with Crippen molar-refractivity contribution >= 4 is 11.7 Å². The third-order valence-corrected chi connectivity index (χ3v) is 3.95. The average Bonchev–Trinajstić information content (AvgIpc) is 3.07. The van der Waals surface area contributed by atoms with Crippen LogP contribution in [0.15, 0.2) is 36.8 Å². The summed E-state index contributed by atoms with van der Waals surface area (Å²) in [6.45, 7) is 2.26. The summed E-state index contributed by atoms with van der Waals surface area (Å²) in [5, 5.41) is 10.6. The zero-order chi connectivity index (χ0) is 17.7. The number of ether oxygens (including phenoxy) is 1. The van der Waals surface area contributed by atoms with Crippen LogP contribution in [0.3, 0.4) is 0 Å². The Hall–Kier alpha value is -2.90. The molecule has 0 aliphatic rings. The van der Waals surface area contributed by atoms with Gasteiger partial charge in [-0.05, 0) is 22.9 Å². The summed E-state index contributed by atoms with van der Waals surface area (Å²) < 4.78 is 6.88. The number of hydrogen-bond acceptors (Lipinski definition) is 5. The molecule has 128 valence electrons. The number of carbonyl (C=O) groups is 1. The van der Waals surface area contributed by atoms with Crippen LogP contribution in [0.1, 0.15) is 24.9 Å². The molecule has 0 saturated heterocycles. The van der Waals surface area contributed by atoms with Crippen LogP contribution in [0.25, 0.3) is 0 Å². The lowest BCUT2D eigenvalue weighted by Crippen LogP contribution is -2.30. The fourth-order valence-electron chi connectivity index (χ4n) is 2.40. The van der Waals surface area contributed by atoms with E-state index in [1.54, 1.807) is 19.1 Å². The van der Waals surface area contributed by atoms with E-state index in [4.69, 9.17) is 4.74 Å². The molecule has 1 atom stereocenters. The van der Waals surface area contributed by atoms with Crippen molar-refractivity contribution in [1.82, 2.24) is 14.5 Å². The molecule has 2 rings (SSSR count). The lowest BCUT2D eigenvalue weighted by atomic mass is 10.1. The highest BCUT2D eigenvalue weighted by Gasteiger charge is 2.20. The van der Waals surface area contributed by atoms with E-state index in [0.717, 1.165) is 11.3 Å². The number of aryl methyl sites for hydroxylation is 1. The second-order valence-electron chi connectivity index (χ2n) is 5.40. The third kappa shape index (κ3) is 3.89. The summed E-state index contributed by atoms with van der Waals surface area (Å²) in [7, 11) is 3.33.